The lowest BCUT2D eigenvalue weighted by molar-refractivity contribution is -0.907. The Hall–Kier alpha value is -3.56. The van der Waals surface area contributed by atoms with Crippen molar-refractivity contribution in [3.8, 4) is 0 Å². The van der Waals surface area contributed by atoms with Gasteiger partial charge in [0.25, 0.3) is 11.6 Å². The van der Waals surface area contributed by atoms with E-state index in [1.54, 1.807) is 30.3 Å². The predicted molar refractivity (Wildman–Crippen MR) is 112 cm³/mol. The van der Waals surface area contributed by atoms with E-state index in [-0.39, 0.29) is 17.8 Å². The van der Waals surface area contributed by atoms with Crippen molar-refractivity contribution < 1.29 is 29.3 Å². The van der Waals surface area contributed by atoms with Crippen molar-refractivity contribution in [3.05, 3.63) is 81.4 Å². The zero-order chi connectivity index (χ0) is 22.7. The number of ether oxygens (including phenoxy) is 1. The number of non-ortho nitro benzene ring substituents is 1. The summed E-state index contributed by atoms with van der Waals surface area (Å²) in [7, 11) is 0. The SMILES string of the molecule is O=C1C(=O)N(CC[NH+]2CCOCC2)C(c2ccc([N+](=O)[O-])cc2)/C1=C(\[O-])c1ccccc1. The second-order valence-corrected chi connectivity index (χ2v) is 7.80. The van der Waals surface area contributed by atoms with Gasteiger partial charge < -0.3 is 19.6 Å². The maximum absolute atomic E-state index is 13.2. The Morgan fingerprint density at radius 2 is 1.72 bits per heavy atom. The van der Waals surface area contributed by atoms with Crippen LogP contribution in [-0.4, -0.2) is 60.9 Å². The van der Waals surface area contributed by atoms with Crippen LogP contribution in [0.5, 0.6) is 0 Å². The molecule has 2 aliphatic rings. The third-order valence-electron chi connectivity index (χ3n) is 5.89. The van der Waals surface area contributed by atoms with E-state index in [1.165, 1.54) is 34.1 Å². The van der Waals surface area contributed by atoms with Crippen molar-refractivity contribution in [2.45, 2.75) is 6.04 Å². The molecule has 32 heavy (non-hydrogen) atoms. The third-order valence-corrected chi connectivity index (χ3v) is 5.89. The normalized spacial score (nSPS) is 21.1. The Morgan fingerprint density at radius 3 is 2.34 bits per heavy atom. The molecule has 4 rings (SSSR count). The highest BCUT2D eigenvalue weighted by atomic mass is 16.6. The molecule has 0 radical (unpaired) electrons. The number of nitro benzene ring substituents is 1. The highest BCUT2D eigenvalue weighted by molar-refractivity contribution is 6.46. The Morgan fingerprint density at radius 1 is 1.06 bits per heavy atom. The number of Topliss-reactive ketones (excluding diaryl/α,β-unsaturated/α-hetero) is 1. The van der Waals surface area contributed by atoms with Crippen molar-refractivity contribution in [2.75, 3.05) is 39.4 Å². The van der Waals surface area contributed by atoms with Gasteiger partial charge in [0.1, 0.15) is 13.1 Å². The number of likely N-dealkylation sites (tertiary alicyclic amines) is 1. The van der Waals surface area contributed by atoms with Gasteiger partial charge in [-0.25, -0.2) is 0 Å². The Labute approximate surface area is 184 Å². The van der Waals surface area contributed by atoms with Crippen molar-refractivity contribution in [2.24, 2.45) is 0 Å². The van der Waals surface area contributed by atoms with Crippen molar-refractivity contribution >= 4 is 23.1 Å². The number of benzene rings is 2. The largest absolute Gasteiger partial charge is 0.872 e. The van der Waals surface area contributed by atoms with Gasteiger partial charge in [0.2, 0.25) is 5.78 Å². The van der Waals surface area contributed by atoms with Crippen LogP contribution < -0.4 is 10.0 Å². The molecule has 1 N–H and O–H groups in total. The van der Waals surface area contributed by atoms with E-state index in [9.17, 15) is 24.8 Å². The van der Waals surface area contributed by atoms with Gasteiger partial charge in [-0.3, -0.25) is 19.7 Å². The number of nitrogens with zero attached hydrogens (tertiary/aromatic N) is 2. The molecular formula is C23H23N3O6. The second-order valence-electron chi connectivity index (χ2n) is 7.80. The first kappa shape index (κ1) is 21.7. The van der Waals surface area contributed by atoms with E-state index in [1.807, 2.05) is 0 Å². The highest BCUT2D eigenvalue weighted by Crippen LogP contribution is 2.38. The van der Waals surface area contributed by atoms with Gasteiger partial charge in [-0.1, -0.05) is 36.1 Å². The minimum absolute atomic E-state index is 0.107. The maximum Gasteiger partial charge on any atom is 0.295 e. The lowest BCUT2D eigenvalue weighted by Crippen LogP contribution is -3.14. The van der Waals surface area contributed by atoms with Crippen LogP contribution in [0.1, 0.15) is 17.2 Å². The van der Waals surface area contributed by atoms with Gasteiger partial charge in [0.05, 0.1) is 37.3 Å². The van der Waals surface area contributed by atoms with Crippen molar-refractivity contribution in [1.29, 1.82) is 0 Å². The monoisotopic (exact) mass is 437 g/mol. The zero-order valence-electron chi connectivity index (χ0n) is 17.4. The molecule has 2 aromatic rings. The number of rotatable bonds is 6. The van der Waals surface area contributed by atoms with E-state index in [0.29, 0.717) is 30.9 Å². The first-order valence-electron chi connectivity index (χ1n) is 10.4. The number of hydrogen-bond acceptors (Lipinski definition) is 6. The van der Waals surface area contributed by atoms with Crippen LogP contribution in [0.3, 0.4) is 0 Å². The molecule has 0 aliphatic carbocycles. The molecule has 0 bridgehead atoms. The average molecular weight is 437 g/mol. The lowest BCUT2D eigenvalue weighted by Gasteiger charge is -2.30. The molecule has 2 aromatic carbocycles. The maximum atomic E-state index is 13.2. The molecule has 1 unspecified atom stereocenters. The minimum atomic E-state index is -0.885. The summed E-state index contributed by atoms with van der Waals surface area (Å²) in [4.78, 5) is 39.1. The number of morpholine rings is 1. The quantitative estimate of drug-likeness (QED) is 0.219. The number of carbonyl (C=O) groups is 2. The molecule has 2 saturated heterocycles. The molecule has 0 spiro atoms. The van der Waals surface area contributed by atoms with Crippen LogP contribution in [-0.2, 0) is 14.3 Å². The van der Waals surface area contributed by atoms with Crippen LogP contribution in [0, 0.1) is 10.1 Å². The highest BCUT2D eigenvalue weighted by Gasteiger charge is 2.44. The summed E-state index contributed by atoms with van der Waals surface area (Å²) in [5, 5.41) is 24.3. The van der Waals surface area contributed by atoms with Gasteiger partial charge in [-0.2, -0.15) is 0 Å². The Balaban J connectivity index is 1.73. The fourth-order valence-corrected chi connectivity index (χ4v) is 4.16. The summed E-state index contributed by atoms with van der Waals surface area (Å²) in [6.07, 6.45) is 0. The molecule has 1 atom stereocenters. The van der Waals surface area contributed by atoms with Crippen molar-refractivity contribution in [3.63, 3.8) is 0 Å². The number of amides is 1. The summed E-state index contributed by atoms with van der Waals surface area (Å²) in [6, 6.07) is 13.1. The van der Waals surface area contributed by atoms with E-state index < -0.39 is 28.4 Å². The number of nitro groups is 1. The Bertz CT molecular complexity index is 1050. The van der Waals surface area contributed by atoms with E-state index >= 15 is 0 Å². The predicted octanol–water partition coefficient (Wildman–Crippen LogP) is -0.266. The average Bonchev–Trinajstić information content (AvgIpc) is 3.08. The summed E-state index contributed by atoms with van der Waals surface area (Å²) in [5.74, 6) is -2.05. The number of quaternary nitrogens is 1. The molecule has 1 amide bonds. The van der Waals surface area contributed by atoms with Crippen molar-refractivity contribution in [1.82, 2.24) is 4.90 Å². The molecular weight excluding hydrogens is 414 g/mol. The van der Waals surface area contributed by atoms with E-state index in [2.05, 4.69) is 0 Å². The summed E-state index contributed by atoms with van der Waals surface area (Å²) < 4.78 is 5.37. The fourth-order valence-electron chi connectivity index (χ4n) is 4.16. The second kappa shape index (κ2) is 9.29. The lowest BCUT2D eigenvalue weighted by atomic mass is 9.95. The Kier molecular flexibility index (Phi) is 6.29. The van der Waals surface area contributed by atoms with Gasteiger partial charge in [-0.05, 0) is 23.3 Å². The van der Waals surface area contributed by atoms with E-state index in [0.717, 1.165) is 13.1 Å². The molecule has 0 aromatic heterocycles. The molecule has 2 fully saturated rings. The van der Waals surface area contributed by atoms with Crippen LogP contribution in [0.4, 0.5) is 5.69 Å². The smallest absolute Gasteiger partial charge is 0.295 e. The minimum Gasteiger partial charge on any atom is -0.872 e. The number of carbonyl (C=O) groups excluding carboxylic acids is 2. The third kappa shape index (κ3) is 4.25. The van der Waals surface area contributed by atoms with Gasteiger partial charge in [0, 0.05) is 17.7 Å². The van der Waals surface area contributed by atoms with Gasteiger partial charge in [0.15, 0.2) is 0 Å². The van der Waals surface area contributed by atoms with Gasteiger partial charge in [-0.15, -0.1) is 0 Å². The van der Waals surface area contributed by atoms with Crippen LogP contribution in [0.25, 0.3) is 5.76 Å². The standard InChI is InChI=1S/C23H23N3O6/c27-21(17-4-2-1-3-5-17)19-20(16-6-8-18(9-7-16)26(30)31)25(23(29)22(19)28)11-10-24-12-14-32-15-13-24/h1-9,20,27H,10-15H2/b21-19+. The first-order valence-corrected chi connectivity index (χ1v) is 10.4. The summed E-state index contributed by atoms with van der Waals surface area (Å²) in [5.41, 5.74) is 0.582. The number of ketones is 1. The fraction of sp³-hybridized carbons (Fsp3) is 0.304. The first-order chi connectivity index (χ1) is 15.5. The topological polar surface area (TPSA) is 117 Å². The number of nitrogens with one attached hydrogen (secondary N) is 1. The van der Waals surface area contributed by atoms with Crippen LogP contribution in [0.15, 0.2) is 60.2 Å². The molecule has 9 heteroatoms. The van der Waals surface area contributed by atoms with E-state index in [4.69, 9.17) is 4.74 Å². The van der Waals surface area contributed by atoms with Crippen LogP contribution >= 0.6 is 0 Å². The number of hydrogen-bond donors (Lipinski definition) is 1. The molecule has 0 saturated carbocycles. The van der Waals surface area contributed by atoms with Gasteiger partial charge >= 0.3 is 0 Å². The summed E-state index contributed by atoms with van der Waals surface area (Å²) in [6.45, 7) is 3.77. The molecule has 9 nitrogen and oxygen atoms in total. The summed E-state index contributed by atoms with van der Waals surface area (Å²) >= 11 is 0. The van der Waals surface area contributed by atoms with Crippen LogP contribution in [0.2, 0.25) is 0 Å². The zero-order valence-corrected chi connectivity index (χ0v) is 17.4. The molecule has 2 heterocycles. The molecule has 2 aliphatic heterocycles. The molecule has 166 valence electrons.